The highest BCUT2D eigenvalue weighted by Gasteiger charge is 2.33. The number of hydrogen-bond acceptors (Lipinski definition) is 3. The van der Waals surface area contributed by atoms with Crippen LogP contribution in [-0.4, -0.2) is 24.8 Å². The van der Waals surface area contributed by atoms with E-state index in [1.54, 1.807) is 0 Å². The molecule has 0 saturated carbocycles. The number of thiophene rings is 1. The van der Waals surface area contributed by atoms with Crippen LogP contribution in [0.25, 0.3) is 0 Å². The molecule has 19 heavy (non-hydrogen) atoms. The third kappa shape index (κ3) is 5.18. The molecule has 0 aromatic carbocycles. The summed E-state index contributed by atoms with van der Waals surface area (Å²) >= 11 is 5.35. The summed E-state index contributed by atoms with van der Waals surface area (Å²) in [4.78, 5) is 1.40. The molecule has 0 saturated heterocycles. The molecule has 1 rings (SSSR count). The van der Waals surface area contributed by atoms with Gasteiger partial charge in [-0.25, -0.2) is 0 Å². The fraction of sp³-hybridized carbons (Fsp3) is 0.733. The molecule has 0 aliphatic rings. The molecule has 0 aliphatic carbocycles. The minimum Gasteiger partial charge on any atom is -0.374 e. The molecule has 0 bridgehead atoms. The van der Waals surface area contributed by atoms with Crippen LogP contribution in [0.5, 0.6) is 0 Å². The molecule has 0 spiro atoms. The van der Waals surface area contributed by atoms with Crippen molar-refractivity contribution in [1.82, 2.24) is 5.32 Å². The summed E-state index contributed by atoms with van der Waals surface area (Å²) in [5.41, 5.74) is -0.0968. The van der Waals surface area contributed by atoms with Crippen molar-refractivity contribution in [3.63, 3.8) is 0 Å². The Morgan fingerprint density at radius 2 is 2.16 bits per heavy atom. The Kier molecular flexibility index (Phi) is 7.58. The van der Waals surface area contributed by atoms with E-state index in [9.17, 15) is 0 Å². The van der Waals surface area contributed by atoms with Gasteiger partial charge in [0.1, 0.15) is 0 Å². The molecule has 0 aliphatic heterocycles. The van der Waals surface area contributed by atoms with Crippen LogP contribution in [0.15, 0.2) is 15.9 Å². The predicted molar refractivity (Wildman–Crippen MR) is 88.1 cm³/mol. The quantitative estimate of drug-likeness (QED) is 0.703. The van der Waals surface area contributed by atoms with E-state index in [0.29, 0.717) is 6.04 Å². The first-order chi connectivity index (χ1) is 9.05. The van der Waals surface area contributed by atoms with Crippen molar-refractivity contribution in [2.75, 3.05) is 13.2 Å². The molecule has 2 atom stereocenters. The van der Waals surface area contributed by atoms with E-state index in [2.05, 4.69) is 60.4 Å². The third-order valence-electron chi connectivity index (χ3n) is 3.58. The second-order valence-electron chi connectivity index (χ2n) is 5.04. The van der Waals surface area contributed by atoms with Crippen LogP contribution in [0, 0.1) is 0 Å². The van der Waals surface area contributed by atoms with Gasteiger partial charge in [0.05, 0.1) is 5.60 Å². The minimum absolute atomic E-state index is 0.0968. The summed E-state index contributed by atoms with van der Waals surface area (Å²) in [6.07, 6.45) is 3.20. The van der Waals surface area contributed by atoms with Crippen molar-refractivity contribution in [2.24, 2.45) is 0 Å². The van der Waals surface area contributed by atoms with E-state index in [4.69, 9.17) is 4.74 Å². The number of halogens is 1. The summed E-state index contributed by atoms with van der Waals surface area (Å²) in [7, 11) is 0. The first-order valence-corrected chi connectivity index (χ1v) is 8.83. The fourth-order valence-corrected chi connectivity index (χ4v) is 3.76. The Morgan fingerprint density at radius 1 is 1.42 bits per heavy atom. The van der Waals surface area contributed by atoms with Gasteiger partial charge in [-0.05, 0) is 61.7 Å². The van der Waals surface area contributed by atoms with Crippen LogP contribution in [-0.2, 0) is 11.2 Å². The van der Waals surface area contributed by atoms with E-state index in [-0.39, 0.29) is 5.60 Å². The van der Waals surface area contributed by atoms with E-state index >= 15 is 0 Å². The van der Waals surface area contributed by atoms with Crippen molar-refractivity contribution < 1.29 is 4.74 Å². The topological polar surface area (TPSA) is 21.3 Å². The molecule has 1 N–H and O–H groups in total. The van der Waals surface area contributed by atoms with Crippen LogP contribution < -0.4 is 5.32 Å². The van der Waals surface area contributed by atoms with Gasteiger partial charge in [0.15, 0.2) is 0 Å². The van der Waals surface area contributed by atoms with Crippen molar-refractivity contribution in [3.05, 3.63) is 20.8 Å². The van der Waals surface area contributed by atoms with Crippen molar-refractivity contribution in [2.45, 2.75) is 58.6 Å². The summed E-state index contributed by atoms with van der Waals surface area (Å²) in [5.74, 6) is 0. The summed E-state index contributed by atoms with van der Waals surface area (Å²) in [5, 5.41) is 5.82. The molecule has 1 aromatic heterocycles. The standard InChI is InChI=1S/C15H26BrNOS/c1-5-8-17-14(15(4,6-2)18-7-3)10-13-9-12(16)11-19-13/h9,11,14,17H,5-8,10H2,1-4H3. The molecule has 0 radical (unpaired) electrons. The number of rotatable bonds is 9. The summed E-state index contributed by atoms with van der Waals surface area (Å²) in [6.45, 7) is 10.5. The van der Waals surface area contributed by atoms with Crippen molar-refractivity contribution in [1.29, 1.82) is 0 Å². The van der Waals surface area contributed by atoms with E-state index in [0.717, 1.165) is 32.4 Å². The SMILES string of the molecule is CCCNC(Cc1cc(Br)cs1)C(C)(CC)OCC. The highest BCUT2D eigenvalue weighted by atomic mass is 79.9. The Balaban J connectivity index is 2.80. The molecule has 2 unspecified atom stereocenters. The second-order valence-corrected chi connectivity index (χ2v) is 6.95. The molecule has 0 amide bonds. The van der Waals surface area contributed by atoms with Gasteiger partial charge >= 0.3 is 0 Å². The Labute approximate surface area is 130 Å². The van der Waals surface area contributed by atoms with Crippen LogP contribution in [0.2, 0.25) is 0 Å². The van der Waals surface area contributed by atoms with Crippen molar-refractivity contribution in [3.8, 4) is 0 Å². The number of hydrogen-bond donors (Lipinski definition) is 1. The molecule has 4 heteroatoms. The van der Waals surface area contributed by atoms with Crippen LogP contribution >= 0.6 is 27.3 Å². The van der Waals surface area contributed by atoms with Gasteiger partial charge in [0.25, 0.3) is 0 Å². The third-order valence-corrected chi connectivity index (χ3v) is 5.30. The molecule has 110 valence electrons. The summed E-state index contributed by atoms with van der Waals surface area (Å²) < 4.78 is 7.22. The molecule has 1 aromatic rings. The predicted octanol–water partition coefficient (Wildman–Crippen LogP) is 4.63. The largest absolute Gasteiger partial charge is 0.374 e. The van der Waals surface area contributed by atoms with Gasteiger partial charge in [0, 0.05) is 27.4 Å². The Morgan fingerprint density at radius 3 is 2.63 bits per heavy atom. The van der Waals surface area contributed by atoms with Gasteiger partial charge in [0.2, 0.25) is 0 Å². The van der Waals surface area contributed by atoms with Gasteiger partial charge < -0.3 is 10.1 Å². The first-order valence-electron chi connectivity index (χ1n) is 7.16. The van der Waals surface area contributed by atoms with Gasteiger partial charge in [-0.15, -0.1) is 11.3 Å². The smallest absolute Gasteiger partial charge is 0.0807 e. The zero-order valence-corrected chi connectivity index (χ0v) is 14.9. The van der Waals surface area contributed by atoms with Gasteiger partial charge in [-0.3, -0.25) is 0 Å². The zero-order valence-electron chi connectivity index (χ0n) is 12.5. The molecular weight excluding hydrogens is 322 g/mol. The van der Waals surface area contributed by atoms with E-state index in [1.807, 2.05) is 11.3 Å². The lowest BCUT2D eigenvalue weighted by Gasteiger charge is -2.37. The number of ether oxygens (including phenoxy) is 1. The molecule has 2 nitrogen and oxygen atoms in total. The Hall–Kier alpha value is 0.1000. The molecular formula is C15H26BrNOS. The van der Waals surface area contributed by atoms with E-state index in [1.165, 1.54) is 9.35 Å². The van der Waals surface area contributed by atoms with Gasteiger partial charge in [-0.2, -0.15) is 0 Å². The maximum Gasteiger partial charge on any atom is 0.0807 e. The van der Waals surface area contributed by atoms with Gasteiger partial charge in [-0.1, -0.05) is 13.8 Å². The lowest BCUT2D eigenvalue weighted by Crippen LogP contribution is -2.51. The average molecular weight is 348 g/mol. The number of nitrogens with one attached hydrogen (secondary N) is 1. The maximum atomic E-state index is 6.05. The van der Waals surface area contributed by atoms with Crippen LogP contribution in [0.4, 0.5) is 0 Å². The van der Waals surface area contributed by atoms with Crippen LogP contribution in [0.1, 0.15) is 45.4 Å². The average Bonchev–Trinajstić information content (AvgIpc) is 2.80. The van der Waals surface area contributed by atoms with Crippen molar-refractivity contribution >= 4 is 27.3 Å². The first kappa shape index (κ1) is 17.2. The molecule has 0 fully saturated rings. The highest BCUT2D eigenvalue weighted by Crippen LogP contribution is 2.27. The van der Waals surface area contributed by atoms with Crippen LogP contribution in [0.3, 0.4) is 0 Å². The maximum absolute atomic E-state index is 6.05. The monoisotopic (exact) mass is 347 g/mol. The Bertz CT molecular complexity index is 369. The summed E-state index contributed by atoms with van der Waals surface area (Å²) in [6, 6.07) is 2.58. The second kappa shape index (κ2) is 8.40. The fourth-order valence-electron chi connectivity index (χ4n) is 2.26. The zero-order chi connectivity index (χ0) is 14.3. The lowest BCUT2D eigenvalue weighted by molar-refractivity contribution is -0.0548. The lowest BCUT2D eigenvalue weighted by atomic mass is 9.90. The highest BCUT2D eigenvalue weighted by molar-refractivity contribution is 9.10. The minimum atomic E-state index is -0.0968. The van der Waals surface area contributed by atoms with E-state index < -0.39 is 0 Å². The normalized spacial score (nSPS) is 16.3. The molecule has 1 heterocycles.